The SMILES string of the molecule is NCc1ccc(-c2c(N)ccc(C3(c4ccc(N)c(-c5ccc(CN)cc5)c4-c4ccc(CN)cc4)CCCCC3)c2-c2ccc(CN)cc2)cc1. The van der Waals surface area contributed by atoms with Crippen LogP contribution in [0.25, 0.3) is 44.5 Å². The fourth-order valence-corrected chi connectivity index (χ4v) is 8.33. The zero-order chi connectivity index (χ0) is 36.2. The van der Waals surface area contributed by atoms with Crippen molar-refractivity contribution < 1.29 is 0 Å². The Kier molecular flexibility index (Phi) is 10.3. The van der Waals surface area contributed by atoms with E-state index < -0.39 is 0 Å². The van der Waals surface area contributed by atoms with Gasteiger partial charge in [-0.05, 0) is 91.7 Å². The van der Waals surface area contributed by atoms with Crippen LogP contribution < -0.4 is 34.4 Å². The molecule has 1 aliphatic rings. The van der Waals surface area contributed by atoms with Crippen LogP contribution in [-0.2, 0) is 31.6 Å². The Morgan fingerprint density at radius 1 is 0.346 bits per heavy atom. The summed E-state index contributed by atoms with van der Waals surface area (Å²) in [7, 11) is 0. The van der Waals surface area contributed by atoms with Crippen molar-refractivity contribution in [2.24, 2.45) is 22.9 Å². The third-order valence-electron chi connectivity index (χ3n) is 11.1. The third-order valence-corrected chi connectivity index (χ3v) is 11.1. The first kappa shape index (κ1) is 35.2. The number of hydrogen-bond acceptors (Lipinski definition) is 6. The molecule has 6 nitrogen and oxygen atoms in total. The zero-order valence-corrected chi connectivity index (χ0v) is 29.9. The van der Waals surface area contributed by atoms with Gasteiger partial charge in [0, 0.05) is 54.1 Å². The molecule has 0 bridgehead atoms. The van der Waals surface area contributed by atoms with Gasteiger partial charge in [0.1, 0.15) is 0 Å². The normalized spacial score (nSPS) is 14.0. The molecule has 1 saturated carbocycles. The topological polar surface area (TPSA) is 156 Å². The molecule has 52 heavy (non-hydrogen) atoms. The molecule has 0 saturated heterocycles. The van der Waals surface area contributed by atoms with Crippen LogP contribution in [0, 0.1) is 0 Å². The molecule has 6 aromatic carbocycles. The Morgan fingerprint density at radius 3 is 0.923 bits per heavy atom. The first-order valence-corrected chi connectivity index (χ1v) is 18.4. The maximum absolute atomic E-state index is 7.01. The number of benzene rings is 6. The maximum atomic E-state index is 7.01. The van der Waals surface area contributed by atoms with E-state index in [0.29, 0.717) is 26.2 Å². The number of rotatable bonds is 10. The largest absolute Gasteiger partial charge is 0.398 e. The molecule has 6 aromatic rings. The van der Waals surface area contributed by atoms with E-state index in [1.807, 2.05) is 0 Å². The van der Waals surface area contributed by atoms with Gasteiger partial charge in [0.2, 0.25) is 0 Å². The molecule has 1 fully saturated rings. The van der Waals surface area contributed by atoms with Gasteiger partial charge in [0.05, 0.1) is 0 Å². The molecule has 0 aliphatic heterocycles. The van der Waals surface area contributed by atoms with E-state index in [-0.39, 0.29) is 5.41 Å². The Morgan fingerprint density at radius 2 is 0.635 bits per heavy atom. The van der Waals surface area contributed by atoms with Crippen LogP contribution in [-0.4, -0.2) is 0 Å². The zero-order valence-electron chi connectivity index (χ0n) is 29.9. The smallest absolute Gasteiger partial charge is 0.0400 e. The molecule has 0 heterocycles. The summed E-state index contributed by atoms with van der Waals surface area (Å²) < 4.78 is 0. The first-order valence-electron chi connectivity index (χ1n) is 18.4. The molecule has 1 aliphatic carbocycles. The summed E-state index contributed by atoms with van der Waals surface area (Å²) in [5.41, 5.74) is 55.0. The van der Waals surface area contributed by atoms with Crippen molar-refractivity contribution in [3.8, 4) is 44.5 Å². The van der Waals surface area contributed by atoms with E-state index in [2.05, 4.69) is 121 Å². The average molecular weight is 687 g/mol. The predicted molar refractivity (Wildman–Crippen MR) is 219 cm³/mol. The first-order chi connectivity index (χ1) is 25.4. The van der Waals surface area contributed by atoms with Gasteiger partial charge < -0.3 is 34.4 Å². The Labute approximate surface area is 307 Å². The minimum absolute atomic E-state index is 0.346. The van der Waals surface area contributed by atoms with Crippen LogP contribution in [0.4, 0.5) is 11.4 Å². The fourth-order valence-electron chi connectivity index (χ4n) is 8.33. The van der Waals surface area contributed by atoms with Crippen molar-refractivity contribution in [1.82, 2.24) is 0 Å². The predicted octanol–water partition coefficient (Wildman–Crippen LogP) is 8.60. The second kappa shape index (κ2) is 15.2. The summed E-state index contributed by atoms with van der Waals surface area (Å²) in [4.78, 5) is 0. The van der Waals surface area contributed by atoms with Crippen molar-refractivity contribution in [3.05, 3.63) is 155 Å². The summed E-state index contributed by atoms with van der Waals surface area (Å²) in [6, 6.07) is 43.2. The Bertz CT molecular complexity index is 1990. The number of hydrogen-bond donors (Lipinski definition) is 6. The molecule has 0 aromatic heterocycles. The summed E-state index contributed by atoms with van der Waals surface area (Å²) in [5, 5.41) is 0. The number of nitrogens with two attached hydrogens (primary N) is 6. The van der Waals surface area contributed by atoms with Crippen LogP contribution in [0.2, 0.25) is 0 Å². The lowest BCUT2D eigenvalue weighted by Crippen LogP contribution is -2.32. The van der Waals surface area contributed by atoms with Crippen LogP contribution in [0.1, 0.15) is 65.5 Å². The molecule has 264 valence electrons. The van der Waals surface area contributed by atoms with Crippen molar-refractivity contribution >= 4 is 11.4 Å². The van der Waals surface area contributed by atoms with Gasteiger partial charge >= 0.3 is 0 Å². The minimum atomic E-state index is -0.346. The second-order valence-electron chi connectivity index (χ2n) is 14.2. The van der Waals surface area contributed by atoms with Gasteiger partial charge in [-0.2, -0.15) is 0 Å². The lowest BCUT2D eigenvalue weighted by Gasteiger charge is -2.42. The van der Waals surface area contributed by atoms with Crippen molar-refractivity contribution in [2.45, 2.75) is 63.7 Å². The van der Waals surface area contributed by atoms with E-state index in [4.69, 9.17) is 34.4 Å². The summed E-state index contributed by atoms with van der Waals surface area (Å²) in [5.74, 6) is 0. The van der Waals surface area contributed by atoms with E-state index in [1.165, 1.54) is 17.5 Å². The van der Waals surface area contributed by atoms with Crippen LogP contribution in [0.3, 0.4) is 0 Å². The summed E-state index contributed by atoms with van der Waals surface area (Å²) >= 11 is 0. The van der Waals surface area contributed by atoms with Crippen molar-refractivity contribution in [3.63, 3.8) is 0 Å². The van der Waals surface area contributed by atoms with E-state index in [1.54, 1.807) is 0 Å². The molecule has 0 atom stereocenters. The highest BCUT2D eigenvalue weighted by atomic mass is 14.6. The second-order valence-corrected chi connectivity index (χ2v) is 14.2. The lowest BCUT2D eigenvalue weighted by molar-refractivity contribution is 0.347. The molecular weight excluding hydrogens is 637 g/mol. The highest BCUT2D eigenvalue weighted by Gasteiger charge is 2.41. The monoisotopic (exact) mass is 686 g/mol. The van der Waals surface area contributed by atoms with Gasteiger partial charge in [-0.1, -0.05) is 128 Å². The lowest BCUT2D eigenvalue weighted by atomic mass is 9.61. The highest BCUT2D eigenvalue weighted by molar-refractivity contribution is 5.97. The third kappa shape index (κ3) is 6.51. The standard InChI is InChI=1S/C46H50N6/c47-26-30-4-12-34(13-5-30)42-38(20-22-40(51)44(42)36-16-8-32(28-49)9-17-36)46(24-2-1-3-25-46)39-21-23-41(52)45(37-18-10-33(29-50)11-19-37)43(39)35-14-6-31(27-48)7-15-35/h4-23H,1-3,24-29,47-52H2. The Hall–Kier alpha value is -5.24. The van der Waals surface area contributed by atoms with E-state index >= 15 is 0 Å². The molecule has 0 spiro atoms. The number of anilines is 2. The molecule has 0 amide bonds. The average Bonchev–Trinajstić information content (AvgIpc) is 3.21. The van der Waals surface area contributed by atoms with Gasteiger partial charge in [-0.15, -0.1) is 0 Å². The molecule has 0 unspecified atom stereocenters. The fraction of sp³-hybridized carbons (Fsp3) is 0.217. The van der Waals surface area contributed by atoms with Crippen LogP contribution in [0.15, 0.2) is 121 Å². The van der Waals surface area contributed by atoms with Gasteiger partial charge in [0.25, 0.3) is 0 Å². The summed E-state index contributed by atoms with van der Waals surface area (Å²) in [6.45, 7) is 1.92. The Balaban J connectivity index is 1.58. The number of nitrogen functional groups attached to an aromatic ring is 2. The maximum Gasteiger partial charge on any atom is 0.0400 e. The molecule has 12 N–H and O–H groups in total. The molecular formula is C46H50N6. The van der Waals surface area contributed by atoms with E-state index in [0.717, 1.165) is 104 Å². The minimum Gasteiger partial charge on any atom is -0.398 e. The quantitative estimate of drug-likeness (QED) is 0.0793. The van der Waals surface area contributed by atoms with Crippen LogP contribution >= 0.6 is 0 Å². The van der Waals surface area contributed by atoms with Gasteiger partial charge in [-0.3, -0.25) is 0 Å². The van der Waals surface area contributed by atoms with Gasteiger partial charge in [0.15, 0.2) is 0 Å². The molecule has 7 rings (SSSR count). The molecule has 6 heteroatoms. The van der Waals surface area contributed by atoms with Crippen molar-refractivity contribution in [2.75, 3.05) is 11.5 Å². The molecule has 0 radical (unpaired) electrons. The van der Waals surface area contributed by atoms with Crippen molar-refractivity contribution in [1.29, 1.82) is 0 Å². The summed E-state index contributed by atoms with van der Waals surface area (Å²) in [6.07, 6.45) is 5.37. The highest BCUT2D eigenvalue weighted by Crippen LogP contribution is 2.55. The van der Waals surface area contributed by atoms with Crippen LogP contribution in [0.5, 0.6) is 0 Å². The van der Waals surface area contributed by atoms with Gasteiger partial charge in [-0.25, -0.2) is 0 Å². The van der Waals surface area contributed by atoms with E-state index in [9.17, 15) is 0 Å².